The number of aryl methyl sites for hydroxylation is 2. The highest BCUT2D eigenvalue weighted by Gasteiger charge is 2.24. The van der Waals surface area contributed by atoms with E-state index in [0.29, 0.717) is 23.4 Å². The molecule has 2 heterocycles. The van der Waals surface area contributed by atoms with Gasteiger partial charge in [0.25, 0.3) is 0 Å². The predicted octanol–water partition coefficient (Wildman–Crippen LogP) is 3.26. The average molecular weight is 321 g/mol. The van der Waals surface area contributed by atoms with Gasteiger partial charge >= 0.3 is 0 Å². The van der Waals surface area contributed by atoms with Crippen LogP contribution in [0.25, 0.3) is 5.57 Å². The Morgan fingerprint density at radius 3 is 3.00 bits per heavy atom. The third-order valence-electron chi connectivity index (χ3n) is 4.06. The molecule has 0 spiro atoms. The van der Waals surface area contributed by atoms with Gasteiger partial charge in [-0.25, -0.2) is 9.07 Å². The topological polar surface area (TPSA) is 56.7 Å². The second kappa shape index (κ2) is 6.18. The van der Waals surface area contributed by atoms with E-state index in [0.717, 1.165) is 35.5 Å². The number of fused-ring (bicyclic) bond motifs is 1. The van der Waals surface area contributed by atoms with E-state index in [-0.39, 0.29) is 12.4 Å². The maximum atomic E-state index is 14.1. The van der Waals surface area contributed by atoms with Crippen LogP contribution in [0.15, 0.2) is 24.0 Å². The molecule has 1 aromatic carbocycles. The Kier molecular flexibility index (Phi) is 4.27. The van der Waals surface area contributed by atoms with Gasteiger partial charge < -0.3 is 5.73 Å². The molecule has 3 rings (SSSR count). The summed E-state index contributed by atoms with van der Waals surface area (Å²) in [4.78, 5) is 0. The van der Waals surface area contributed by atoms with E-state index in [1.54, 1.807) is 4.68 Å². The number of hydrogen-bond donors (Lipinski definition) is 1. The third-order valence-corrected chi connectivity index (χ3v) is 4.29. The molecule has 0 unspecified atom stereocenters. The first-order chi connectivity index (χ1) is 10.6. The second-order valence-corrected chi connectivity index (χ2v) is 5.98. The Morgan fingerprint density at radius 1 is 1.45 bits per heavy atom. The van der Waals surface area contributed by atoms with Gasteiger partial charge in [0, 0.05) is 30.1 Å². The van der Waals surface area contributed by atoms with Gasteiger partial charge in [0.05, 0.1) is 11.4 Å². The second-order valence-electron chi connectivity index (χ2n) is 5.55. The molecule has 116 valence electrons. The molecule has 0 atom stereocenters. The van der Waals surface area contributed by atoms with E-state index in [9.17, 15) is 4.39 Å². The molecule has 0 radical (unpaired) electrons. The van der Waals surface area contributed by atoms with Crippen molar-refractivity contribution < 1.29 is 4.39 Å². The van der Waals surface area contributed by atoms with Crippen molar-refractivity contribution in [3.05, 3.63) is 51.6 Å². The zero-order chi connectivity index (χ0) is 15.7. The Labute approximate surface area is 133 Å². The fourth-order valence-electron chi connectivity index (χ4n) is 2.90. The molecule has 0 amide bonds. The van der Waals surface area contributed by atoms with Gasteiger partial charge in [0.2, 0.25) is 0 Å². The zero-order valence-corrected chi connectivity index (χ0v) is 13.2. The maximum Gasteiger partial charge on any atom is 0.119 e. The van der Waals surface area contributed by atoms with Crippen LogP contribution in [0.3, 0.4) is 0 Å². The van der Waals surface area contributed by atoms with Gasteiger partial charge in [0.1, 0.15) is 5.83 Å². The minimum atomic E-state index is -0.266. The number of nitrogens with two attached hydrogens (primary N) is 1. The molecule has 2 aromatic rings. The van der Waals surface area contributed by atoms with Crippen molar-refractivity contribution in [3.8, 4) is 0 Å². The van der Waals surface area contributed by atoms with Crippen molar-refractivity contribution in [2.24, 2.45) is 5.73 Å². The summed E-state index contributed by atoms with van der Waals surface area (Å²) < 4.78 is 15.9. The van der Waals surface area contributed by atoms with Gasteiger partial charge in [-0.05, 0) is 43.0 Å². The largest absolute Gasteiger partial charge is 0.325 e. The van der Waals surface area contributed by atoms with Crippen LogP contribution >= 0.6 is 11.6 Å². The quantitative estimate of drug-likeness (QED) is 0.944. The molecule has 0 saturated heterocycles. The van der Waals surface area contributed by atoms with Gasteiger partial charge in [0.15, 0.2) is 0 Å². The Bertz CT molecular complexity index is 736. The lowest BCUT2D eigenvalue weighted by atomic mass is 9.96. The van der Waals surface area contributed by atoms with Crippen molar-refractivity contribution >= 4 is 17.2 Å². The highest BCUT2D eigenvalue weighted by atomic mass is 35.5. The molecule has 1 aromatic heterocycles. The molecule has 6 heteroatoms. The molecule has 0 aliphatic carbocycles. The van der Waals surface area contributed by atoms with Crippen molar-refractivity contribution in [2.75, 3.05) is 6.54 Å². The summed E-state index contributed by atoms with van der Waals surface area (Å²) in [5.41, 5.74) is 9.93. The minimum Gasteiger partial charge on any atom is -0.325 e. The summed E-state index contributed by atoms with van der Waals surface area (Å²) in [5, 5.41) is 9.14. The normalized spacial score (nSPS) is 16.5. The summed E-state index contributed by atoms with van der Waals surface area (Å²) in [6.45, 7) is 2.69. The van der Waals surface area contributed by atoms with Gasteiger partial charge in [-0.1, -0.05) is 22.9 Å². The van der Waals surface area contributed by atoms with Crippen molar-refractivity contribution in [1.29, 1.82) is 0 Å². The Hall–Kier alpha value is -1.72. The Morgan fingerprint density at radius 2 is 2.27 bits per heavy atom. The highest BCUT2D eigenvalue weighted by molar-refractivity contribution is 6.30. The summed E-state index contributed by atoms with van der Waals surface area (Å²) in [5.74, 6) is -0.266. The minimum absolute atomic E-state index is 0.0834. The number of aromatic nitrogens is 3. The fourth-order valence-corrected chi connectivity index (χ4v) is 3.13. The zero-order valence-electron chi connectivity index (χ0n) is 12.4. The third kappa shape index (κ3) is 2.78. The molecule has 1 aliphatic rings. The monoisotopic (exact) mass is 320 g/mol. The lowest BCUT2D eigenvalue weighted by Gasteiger charge is -2.18. The number of nitrogens with zero attached hydrogens (tertiary/aromatic N) is 3. The van der Waals surface area contributed by atoms with Crippen molar-refractivity contribution in [3.63, 3.8) is 0 Å². The van der Waals surface area contributed by atoms with E-state index in [4.69, 9.17) is 17.3 Å². The average Bonchev–Trinajstić information content (AvgIpc) is 2.92. The Balaban J connectivity index is 2.01. The summed E-state index contributed by atoms with van der Waals surface area (Å²) in [7, 11) is 0. The molecule has 1 aliphatic heterocycles. The van der Waals surface area contributed by atoms with Gasteiger partial charge in [-0.15, -0.1) is 5.10 Å². The number of benzene rings is 1. The molecule has 0 fully saturated rings. The maximum absolute atomic E-state index is 14.1. The number of halogens is 2. The van der Waals surface area contributed by atoms with E-state index in [1.807, 2.05) is 25.1 Å². The fraction of sp³-hybridized carbons (Fsp3) is 0.375. The first-order valence-electron chi connectivity index (χ1n) is 7.35. The van der Waals surface area contributed by atoms with Crippen molar-refractivity contribution in [2.45, 2.75) is 32.7 Å². The van der Waals surface area contributed by atoms with Crippen LogP contribution < -0.4 is 5.73 Å². The molecule has 22 heavy (non-hydrogen) atoms. The highest BCUT2D eigenvalue weighted by Crippen LogP contribution is 2.32. The van der Waals surface area contributed by atoms with Crippen molar-refractivity contribution in [1.82, 2.24) is 15.0 Å². The van der Waals surface area contributed by atoms with Crippen LogP contribution in [-0.4, -0.2) is 21.5 Å². The first kappa shape index (κ1) is 15.2. The number of hydrogen-bond acceptors (Lipinski definition) is 3. The molecule has 0 saturated carbocycles. The van der Waals surface area contributed by atoms with E-state index < -0.39 is 0 Å². The van der Waals surface area contributed by atoms with Crippen LogP contribution in [-0.2, 0) is 13.0 Å². The van der Waals surface area contributed by atoms with Crippen LogP contribution in [0.4, 0.5) is 4.39 Å². The lowest BCUT2D eigenvalue weighted by Crippen LogP contribution is -2.14. The van der Waals surface area contributed by atoms with Crippen LogP contribution in [0.2, 0.25) is 5.02 Å². The van der Waals surface area contributed by atoms with Crippen LogP contribution in [0.5, 0.6) is 0 Å². The first-order valence-corrected chi connectivity index (χ1v) is 7.73. The standard InChI is InChI=1S/C16H18ClFN4/c1-10-7-12(17)5-4-11(10)8-15-16-13(14(18)9-19)3-2-6-22(16)21-20-15/h4-5,7H,2-3,6,8-9,19H2,1H3/b14-13-. The number of rotatable bonds is 3. The molecular weight excluding hydrogens is 303 g/mol. The van der Waals surface area contributed by atoms with E-state index in [2.05, 4.69) is 10.3 Å². The van der Waals surface area contributed by atoms with Gasteiger partial charge in [-0.2, -0.15) is 0 Å². The summed E-state index contributed by atoms with van der Waals surface area (Å²) in [6, 6.07) is 5.76. The SMILES string of the molecule is Cc1cc(Cl)ccc1Cc1nnn2c1/C(=C(\F)CN)CCC2. The van der Waals surface area contributed by atoms with Crippen LogP contribution in [0.1, 0.15) is 35.4 Å². The smallest absolute Gasteiger partial charge is 0.119 e. The van der Waals surface area contributed by atoms with Gasteiger partial charge in [-0.3, -0.25) is 0 Å². The summed E-state index contributed by atoms with van der Waals surface area (Å²) in [6.07, 6.45) is 2.15. The number of allylic oxidation sites excluding steroid dienone is 1. The summed E-state index contributed by atoms with van der Waals surface area (Å²) >= 11 is 5.99. The molecule has 2 N–H and O–H groups in total. The molecular formula is C16H18ClFN4. The predicted molar refractivity (Wildman–Crippen MR) is 85.3 cm³/mol. The van der Waals surface area contributed by atoms with E-state index in [1.165, 1.54) is 0 Å². The molecule has 0 bridgehead atoms. The lowest BCUT2D eigenvalue weighted by molar-refractivity contribution is 0.526. The molecule has 4 nitrogen and oxygen atoms in total. The van der Waals surface area contributed by atoms with Crippen LogP contribution in [0, 0.1) is 6.92 Å². The van der Waals surface area contributed by atoms with E-state index >= 15 is 0 Å².